The van der Waals surface area contributed by atoms with E-state index in [2.05, 4.69) is 22.2 Å². The molecule has 0 radical (unpaired) electrons. The van der Waals surface area contributed by atoms with Gasteiger partial charge in [0.15, 0.2) is 0 Å². The molecular weight excluding hydrogens is 368 g/mol. The summed E-state index contributed by atoms with van der Waals surface area (Å²) in [5, 5.41) is 3.68. The summed E-state index contributed by atoms with van der Waals surface area (Å²) in [5.41, 5.74) is 1.81. The molecule has 26 heavy (non-hydrogen) atoms. The highest BCUT2D eigenvalue weighted by Gasteiger charge is 2.21. The van der Waals surface area contributed by atoms with Gasteiger partial charge in [0.25, 0.3) is 0 Å². The van der Waals surface area contributed by atoms with Crippen molar-refractivity contribution >= 4 is 40.8 Å². The molecule has 0 aliphatic carbocycles. The lowest BCUT2D eigenvalue weighted by Gasteiger charge is -2.32. The first-order valence-electron chi connectivity index (χ1n) is 9.36. The molecule has 3 rings (SSSR count). The van der Waals surface area contributed by atoms with Gasteiger partial charge >= 0.3 is 6.03 Å². The Bertz CT molecular complexity index is 624. The SMILES string of the molecule is CN1CCCC(CN(C)C(=O)Nc2ccc(N3CCSCC3)c(Cl)c2)C1. The van der Waals surface area contributed by atoms with Crippen LogP contribution < -0.4 is 10.2 Å². The maximum Gasteiger partial charge on any atom is 0.321 e. The summed E-state index contributed by atoms with van der Waals surface area (Å²) >= 11 is 8.46. The first-order valence-corrected chi connectivity index (χ1v) is 10.9. The fraction of sp³-hybridized carbons (Fsp3) is 0.632. The van der Waals surface area contributed by atoms with Crippen molar-refractivity contribution in [3.63, 3.8) is 0 Å². The second-order valence-electron chi connectivity index (χ2n) is 7.35. The summed E-state index contributed by atoms with van der Waals surface area (Å²) in [6, 6.07) is 5.75. The summed E-state index contributed by atoms with van der Waals surface area (Å²) in [4.78, 5) is 19.0. The number of carbonyl (C=O) groups excluding carboxylic acids is 1. The van der Waals surface area contributed by atoms with Crippen molar-refractivity contribution in [2.45, 2.75) is 12.8 Å². The van der Waals surface area contributed by atoms with Crippen LogP contribution >= 0.6 is 23.4 Å². The van der Waals surface area contributed by atoms with E-state index in [4.69, 9.17) is 11.6 Å². The molecule has 1 unspecified atom stereocenters. The third-order valence-corrected chi connectivity index (χ3v) is 6.40. The van der Waals surface area contributed by atoms with E-state index in [1.165, 1.54) is 12.8 Å². The number of nitrogens with one attached hydrogen (secondary N) is 1. The second-order valence-corrected chi connectivity index (χ2v) is 8.98. The van der Waals surface area contributed by atoms with Gasteiger partial charge in [0.1, 0.15) is 0 Å². The molecule has 2 aliphatic heterocycles. The predicted octanol–water partition coefficient (Wildman–Crippen LogP) is 3.70. The van der Waals surface area contributed by atoms with Crippen LogP contribution in [0.5, 0.6) is 0 Å². The fourth-order valence-corrected chi connectivity index (χ4v) is 4.96. The number of halogens is 1. The van der Waals surface area contributed by atoms with Gasteiger partial charge in [0.05, 0.1) is 10.7 Å². The topological polar surface area (TPSA) is 38.8 Å². The van der Waals surface area contributed by atoms with Crippen molar-refractivity contribution < 1.29 is 4.79 Å². The molecule has 0 bridgehead atoms. The van der Waals surface area contributed by atoms with E-state index in [9.17, 15) is 4.79 Å². The van der Waals surface area contributed by atoms with E-state index in [1.807, 2.05) is 37.0 Å². The van der Waals surface area contributed by atoms with Gasteiger partial charge < -0.3 is 20.0 Å². The van der Waals surface area contributed by atoms with Gasteiger partial charge in [-0.3, -0.25) is 0 Å². The molecule has 0 aromatic heterocycles. The second kappa shape index (κ2) is 9.20. The van der Waals surface area contributed by atoms with Gasteiger partial charge in [0, 0.05) is 50.4 Å². The number of urea groups is 1. The van der Waals surface area contributed by atoms with Crippen LogP contribution in [0.15, 0.2) is 18.2 Å². The number of piperidine rings is 1. The van der Waals surface area contributed by atoms with Crippen LogP contribution in [-0.4, -0.2) is 74.2 Å². The third-order valence-electron chi connectivity index (χ3n) is 5.15. The van der Waals surface area contributed by atoms with Crippen molar-refractivity contribution in [1.29, 1.82) is 0 Å². The van der Waals surface area contributed by atoms with Crippen molar-refractivity contribution in [3.8, 4) is 0 Å². The first-order chi connectivity index (χ1) is 12.5. The molecule has 2 amide bonds. The number of rotatable bonds is 4. The minimum absolute atomic E-state index is 0.0728. The molecule has 1 aromatic rings. The first kappa shape index (κ1) is 19.6. The van der Waals surface area contributed by atoms with Gasteiger partial charge in [-0.1, -0.05) is 11.6 Å². The molecular formula is C19H29ClN4OS. The van der Waals surface area contributed by atoms with Crippen LogP contribution in [0.25, 0.3) is 0 Å². The smallest absolute Gasteiger partial charge is 0.321 e. The quantitative estimate of drug-likeness (QED) is 0.842. The Hall–Kier alpha value is -1.11. The zero-order valence-electron chi connectivity index (χ0n) is 15.7. The number of hydrogen-bond donors (Lipinski definition) is 1. The van der Waals surface area contributed by atoms with Gasteiger partial charge in [-0.05, 0) is 50.6 Å². The Morgan fingerprint density at radius 2 is 2.12 bits per heavy atom. The Kier molecular flexibility index (Phi) is 6.95. The highest BCUT2D eigenvalue weighted by atomic mass is 35.5. The van der Waals surface area contributed by atoms with Crippen LogP contribution in [0.2, 0.25) is 5.02 Å². The normalized spacial score (nSPS) is 21.5. The third kappa shape index (κ3) is 5.21. The Morgan fingerprint density at radius 1 is 1.35 bits per heavy atom. The minimum atomic E-state index is -0.0728. The molecule has 1 atom stereocenters. The number of amides is 2. The lowest BCUT2D eigenvalue weighted by molar-refractivity contribution is 0.170. The number of nitrogens with zero attached hydrogens (tertiary/aromatic N) is 3. The highest BCUT2D eigenvalue weighted by molar-refractivity contribution is 7.99. The predicted molar refractivity (Wildman–Crippen MR) is 113 cm³/mol. The van der Waals surface area contributed by atoms with Crippen molar-refractivity contribution in [2.24, 2.45) is 5.92 Å². The molecule has 2 saturated heterocycles. The van der Waals surface area contributed by atoms with Gasteiger partial charge in [0.2, 0.25) is 0 Å². The molecule has 5 nitrogen and oxygen atoms in total. The lowest BCUT2D eigenvalue weighted by atomic mass is 9.98. The maximum atomic E-state index is 12.5. The standard InChI is InChI=1S/C19H29ClN4OS/c1-22-7-3-4-15(13-22)14-23(2)19(25)21-16-5-6-18(17(20)12-16)24-8-10-26-11-9-24/h5-6,12,15H,3-4,7-11,13-14H2,1-2H3,(H,21,25). The number of hydrogen-bond acceptors (Lipinski definition) is 4. The van der Waals surface area contributed by atoms with Crippen LogP contribution in [0.3, 0.4) is 0 Å². The molecule has 144 valence electrons. The fourth-order valence-electron chi connectivity index (χ4n) is 3.76. The van der Waals surface area contributed by atoms with Crippen molar-refractivity contribution in [2.75, 3.05) is 68.5 Å². The van der Waals surface area contributed by atoms with E-state index in [0.717, 1.165) is 55.6 Å². The van der Waals surface area contributed by atoms with Crippen LogP contribution in [0, 0.1) is 5.92 Å². The monoisotopic (exact) mass is 396 g/mol. The van der Waals surface area contributed by atoms with E-state index in [-0.39, 0.29) is 6.03 Å². The van der Waals surface area contributed by atoms with Gasteiger partial charge in [-0.15, -0.1) is 0 Å². The molecule has 1 aromatic carbocycles. The molecule has 1 N–H and O–H groups in total. The summed E-state index contributed by atoms with van der Waals surface area (Å²) in [6.07, 6.45) is 2.40. The summed E-state index contributed by atoms with van der Waals surface area (Å²) in [6.45, 7) is 5.05. The van der Waals surface area contributed by atoms with Crippen LogP contribution in [-0.2, 0) is 0 Å². The highest BCUT2D eigenvalue weighted by Crippen LogP contribution is 2.30. The molecule has 0 saturated carbocycles. The van der Waals surface area contributed by atoms with E-state index in [1.54, 1.807) is 4.90 Å². The largest absolute Gasteiger partial charge is 0.369 e. The van der Waals surface area contributed by atoms with Gasteiger partial charge in [-0.2, -0.15) is 11.8 Å². The number of carbonyl (C=O) groups is 1. The minimum Gasteiger partial charge on any atom is -0.369 e. The molecule has 2 fully saturated rings. The maximum absolute atomic E-state index is 12.5. The molecule has 0 spiro atoms. The summed E-state index contributed by atoms with van der Waals surface area (Å²) in [7, 11) is 4.02. The number of likely N-dealkylation sites (tertiary alicyclic amines) is 1. The summed E-state index contributed by atoms with van der Waals surface area (Å²) < 4.78 is 0. The Labute approximate surface area is 166 Å². The van der Waals surface area contributed by atoms with Crippen LogP contribution in [0.1, 0.15) is 12.8 Å². The van der Waals surface area contributed by atoms with E-state index in [0.29, 0.717) is 10.9 Å². The van der Waals surface area contributed by atoms with E-state index < -0.39 is 0 Å². The van der Waals surface area contributed by atoms with Crippen LogP contribution in [0.4, 0.5) is 16.2 Å². The van der Waals surface area contributed by atoms with Gasteiger partial charge in [-0.25, -0.2) is 4.79 Å². The zero-order chi connectivity index (χ0) is 18.5. The zero-order valence-corrected chi connectivity index (χ0v) is 17.3. The summed E-state index contributed by atoms with van der Waals surface area (Å²) in [5.74, 6) is 2.82. The number of anilines is 2. The van der Waals surface area contributed by atoms with Crippen molar-refractivity contribution in [3.05, 3.63) is 23.2 Å². The molecule has 2 aliphatic rings. The average Bonchev–Trinajstić information content (AvgIpc) is 2.62. The molecule has 2 heterocycles. The van der Waals surface area contributed by atoms with Crippen molar-refractivity contribution in [1.82, 2.24) is 9.80 Å². The molecule has 7 heteroatoms. The lowest BCUT2D eigenvalue weighted by Crippen LogP contribution is -2.41. The Balaban J connectivity index is 1.55. The number of thioether (sulfide) groups is 1. The Morgan fingerprint density at radius 3 is 2.81 bits per heavy atom. The average molecular weight is 397 g/mol. The number of benzene rings is 1. The van der Waals surface area contributed by atoms with E-state index >= 15 is 0 Å².